The number of hydrogen-bond donors (Lipinski definition) is 0. The summed E-state index contributed by atoms with van der Waals surface area (Å²) in [5.41, 5.74) is 4.77. The number of pyridine rings is 2. The average Bonchev–Trinajstić information content (AvgIpc) is 3.40. The molecule has 3 heterocycles. The first-order chi connectivity index (χ1) is 21.0. The van der Waals surface area contributed by atoms with Crippen LogP contribution in [0.5, 0.6) is 0 Å². The summed E-state index contributed by atoms with van der Waals surface area (Å²) in [6.07, 6.45) is 3.80. The Morgan fingerprint density at radius 3 is 2.30 bits per heavy atom. The Morgan fingerprint density at radius 2 is 1.59 bits per heavy atom. The molecule has 7 aromatic rings. The van der Waals surface area contributed by atoms with E-state index < -0.39 is 19.2 Å². The molecule has 2 nitrogen and oxygen atoms in total. The largest absolute Gasteiger partial charge is 0 e. The molecule has 44 heavy (non-hydrogen) atoms. The van der Waals surface area contributed by atoms with Crippen molar-refractivity contribution >= 4 is 59.9 Å². The van der Waals surface area contributed by atoms with E-state index in [1.807, 2.05) is 74.6 Å². The van der Waals surface area contributed by atoms with Crippen LogP contribution in [0.1, 0.15) is 26.7 Å². The van der Waals surface area contributed by atoms with Gasteiger partial charge in [-0.05, 0) is 50.6 Å². The molecule has 223 valence electrons. The van der Waals surface area contributed by atoms with Crippen LogP contribution < -0.4 is 4.40 Å². The van der Waals surface area contributed by atoms with Crippen molar-refractivity contribution < 1.29 is 25.9 Å². The molecule has 0 saturated heterocycles. The van der Waals surface area contributed by atoms with Gasteiger partial charge in [0, 0.05) is 32.4 Å². The van der Waals surface area contributed by atoms with Gasteiger partial charge in [-0.2, -0.15) is 11.3 Å². The van der Waals surface area contributed by atoms with E-state index in [0.29, 0.717) is 0 Å². The Balaban J connectivity index is 0.000000202. The van der Waals surface area contributed by atoms with Crippen LogP contribution in [-0.4, -0.2) is 23.2 Å². The van der Waals surface area contributed by atoms with E-state index in [-0.39, 0.29) is 25.9 Å². The molecule has 0 bridgehead atoms. The van der Waals surface area contributed by atoms with Crippen LogP contribution in [0.25, 0.3) is 53.5 Å². The quantitative estimate of drug-likeness (QED) is 0.130. The molecule has 0 spiro atoms. The van der Waals surface area contributed by atoms with Gasteiger partial charge >= 0.3 is 99.8 Å². The fraction of sp³-hybridized carbons (Fsp3) is 0.158. The molecule has 0 atom stereocenters. The van der Waals surface area contributed by atoms with Gasteiger partial charge in [0.1, 0.15) is 5.82 Å². The molecule has 1 radical (unpaired) electrons. The van der Waals surface area contributed by atoms with Crippen LogP contribution in [0.2, 0.25) is 17.3 Å². The first-order valence-electron chi connectivity index (χ1n) is 14.8. The molecule has 4 aromatic carbocycles. The monoisotopic (exact) mass is 836 g/mol. The molecular formula is C38H33FGeIrN2S-2. The van der Waals surface area contributed by atoms with Crippen molar-refractivity contribution in [1.29, 1.82) is 0 Å². The maximum absolute atomic E-state index is 13.6. The van der Waals surface area contributed by atoms with Gasteiger partial charge in [0.2, 0.25) is 0 Å². The summed E-state index contributed by atoms with van der Waals surface area (Å²) in [5.74, 6) is 6.23. The Bertz CT molecular complexity index is 2100. The van der Waals surface area contributed by atoms with Gasteiger partial charge in [-0.15, -0.1) is 23.8 Å². The number of thiophene rings is 1. The molecule has 3 aromatic heterocycles. The summed E-state index contributed by atoms with van der Waals surface area (Å²) in [6.45, 7) is 3.75. The zero-order valence-electron chi connectivity index (χ0n) is 26.3. The van der Waals surface area contributed by atoms with Crippen molar-refractivity contribution in [3.63, 3.8) is 0 Å². The van der Waals surface area contributed by atoms with E-state index in [1.54, 1.807) is 23.6 Å². The van der Waals surface area contributed by atoms with E-state index in [9.17, 15) is 4.39 Å². The Kier molecular flexibility index (Phi) is 9.39. The minimum atomic E-state index is -1.72. The molecule has 0 N–H and O–H groups in total. The van der Waals surface area contributed by atoms with Crippen molar-refractivity contribution in [3.8, 4) is 22.5 Å². The molecule has 0 aliphatic carbocycles. The van der Waals surface area contributed by atoms with Crippen LogP contribution in [0, 0.1) is 17.9 Å². The molecule has 0 unspecified atom stereocenters. The van der Waals surface area contributed by atoms with Crippen molar-refractivity contribution in [2.75, 3.05) is 0 Å². The number of rotatable bonds is 4. The average molecular weight is 835 g/mol. The second kappa shape index (κ2) is 13.4. The fourth-order valence-corrected chi connectivity index (χ4v) is 8.63. The molecule has 6 heteroatoms. The number of halogens is 1. The van der Waals surface area contributed by atoms with Crippen LogP contribution in [0.15, 0.2) is 103 Å². The summed E-state index contributed by atoms with van der Waals surface area (Å²) < 4.78 is 25.7. The number of benzene rings is 4. The third-order valence-electron chi connectivity index (χ3n) is 7.58. The summed E-state index contributed by atoms with van der Waals surface area (Å²) in [5, 5.41) is 4.27. The summed E-state index contributed by atoms with van der Waals surface area (Å²) in [7, 11) is 0. The first-order valence-corrected chi connectivity index (χ1v) is 22.5. The second-order valence-corrected chi connectivity index (χ2v) is 23.6. The summed E-state index contributed by atoms with van der Waals surface area (Å²) in [6, 6.07) is 35.7. The Morgan fingerprint density at radius 1 is 0.795 bits per heavy atom. The summed E-state index contributed by atoms with van der Waals surface area (Å²) in [4.78, 5) is 9.09. The van der Waals surface area contributed by atoms with Gasteiger partial charge in [0.25, 0.3) is 0 Å². The molecule has 0 aliphatic heterocycles. The Hall–Kier alpha value is -3.22. The minimum Gasteiger partial charge on any atom is 0 e. The molecule has 0 saturated carbocycles. The van der Waals surface area contributed by atoms with Gasteiger partial charge in [-0.3, -0.25) is 0 Å². The van der Waals surface area contributed by atoms with Gasteiger partial charge < -0.3 is 4.98 Å². The third kappa shape index (κ3) is 6.72. The van der Waals surface area contributed by atoms with Crippen LogP contribution in [0.4, 0.5) is 4.39 Å². The van der Waals surface area contributed by atoms with E-state index in [2.05, 4.69) is 63.6 Å². The molecule has 0 fully saturated rings. The number of fused-ring (bicyclic) bond motifs is 5. The zero-order valence-corrected chi connectivity index (χ0v) is 30.6. The molecule has 7 rings (SSSR count). The van der Waals surface area contributed by atoms with Gasteiger partial charge in [-0.1, -0.05) is 49.1 Å². The van der Waals surface area contributed by atoms with Crippen molar-refractivity contribution in [2.45, 2.75) is 37.0 Å². The van der Waals surface area contributed by atoms with E-state index >= 15 is 0 Å². The number of hydrogen-bond acceptors (Lipinski definition) is 3. The van der Waals surface area contributed by atoms with E-state index in [4.69, 9.17) is 1.37 Å². The number of aromatic nitrogens is 2. The maximum Gasteiger partial charge on any atom is 0 e. The van der Waals surface area contributed by atoms with Crippen LogP contribution in [0.3, 0.4) is 0 Å². The topological polar surface area (TPSA) is 25.8 Å². The van der Waals surface area contributed by atoms with Gasteiger partial charge in [0.05, 0.1) is 0 Å². The zero-order chi connectivity index (χ0) is 31.1. The van der Waals surface area contributed by atoms with Crippen LogP contribution >= 0.6 is 11.3 Å². The van der Waals surface area contributed by atoms with E-state index in [0.717, 1.165) is 59.0 Å². The molecular weight excluding hydrogens is 800 g/mol. The fourth-order valence-electron chi connectivity index (χ4n) is 5.12. The predicted molar refractivity (Wildman–Crippen MR) is 184 cm³/mol. The SMILES string of the molecule is [2H]C(C)(C)c1ccnc(-c2[c-]ccc3c2sc2c4ccc(F)cc4ccc32)c1.[CH3][Ge]([CH3])([CH3])[c]1ccc(-c2[c-]cccc2)nc1.[Ir]. The standard InChI is InChI=1S/C24H17FNS.C14H16GeN.Ir/c1-14(2)15-10-11-26-22(13-15)21-5-3-4-19-20-8-6-16-12-17(25)7-9-18(16)23(20)27-24(19)21;1-15(2,3)13-9-10-14(16-11-13)12-7-5-4-6-8-12;/h3-4,6-14H,1-2H3;4-7,9-11H,1-3H3;/q2*-1;/i14D;;. The predicted octanol–water partition coefficient (Wildman–Crippen LogP) is 10.4. The summed E-state index contributed by atoms with van der Waals surface area (Å²) >= 11 is -0.0246. The number of nitrogens with zero attached hydrogens (tertiary/aromatic N) is 2. The van der Waals surface area contributed by atoms with Gasteiger partial charge in [-0.25, -0.2) is 4.39 Å². The van der Waals surface area contributed by atoms with Gasteiger partial charge in [0.15, 0.2) is 0 Å². The van der Waals surface area contributed by atoms with E-state index in [1.165, 1.54) is 10.5 Å². The van der Waals surface area contributed by atoms with Crippen molar-refractivity contribution in [1.82, 2.24) is 9.97 Å². The third-order valence-corrected chi connectivity index (χ3v) is 13.1. The molecule has 0 aliphatic rings. The maximum atomic E-state index is 13.6. The minimum absolute atomic E-state index is 0. The van der Waals surface area contributed by atoms with Crippen molar-refractivity contribution in [2.24, 2.45) is 0 Å². The van der Waals surface area contributed by atoms with Crippen molar-refractivity contribution in [3.05, 3.63) is 127 Å². The Labute approximate surface area is 280 Å². The normalized spacial score (nSPS) is 12.0. The first kappa shape index (κ1) is 30.8. The second-order valence-electron chi connectivity index (χ2n) is 11.9. The smallest absolute Gasteiger partial charge is 0 e. The van der Waals surface area contributed by atoms with Crippen LogP contribution in [-0.2, 0) is 20.1 Å². The molecule has 0 amide bonds.